The zero-order valence-corrected chi connectivity index (χ0v) is 18.4. The molecule has 0 aromatic rings. The van der Waals surface area contributed by atoms with Crippen molar-refractivity contribution in [1.82, 2.24) is 0 Å². The Kier molecular flexibility index (Phi) is 4.53. The van der Waals surface area contributed by atoms with Crippen molar-refractivity contribution in [3.05, 3.63) is 11.1 Å². The number of nitriles is 1. The van der Waals surface area contributed by atoms with Crippen LogP contribution in [-0.2, 0) is 9.47 Å². The van der Waals surface area contributed by atoms with E-state index in [9.17, 15) is 10.4 Å². The first-order valence-corrected chi connectivity index (χ1v) is 11.9. The zero-order chi connectivity index (χ0) is 20.5. The number of fused-ring (bicyclic) bond motifs is 4. The van der Waals surface area contributed by atoms with Crippen LogP contribution in [0.2, 0.25) is 0 Å². The van der Waals surface area contributed by atoms with Crippen LogP contribution >= 0.6 is 0 Å². The van der Waals surface area contributed by atoms with Crippen molar-refractivity contribution in [2.75, 3.05) is 13.2 Å². The highest BCUT2D eigenvalue weighted by atomic mass is 16.7. The highest BCUT2D eigenvalue weighted by molar-refractivity contribution is 5.39. The first-order chi connectivity index (χ1) is 13.8. The molecule has 0 aromatic heterocycles. The van der Waals surface area contributed by atoms with E-state index in [2.05, 4.69) is 26.8 Å². The van der Waals surface area contributed by atoms with Gasteiger partial charge in [-0.15, -0.1) is 0 Å². The van der Waals surface area contributed by atoms with Crippen LogP contribution in [0.5, 0.6) is 0 Å². The summed E-state index contributed by atoms with van der Waals surface area (Å²) in [6.45, 7) is 8.33. The SMILES string of the molecule is CC[C@H]1CC[C@H]2C3=C(CC[C@]12C)[C@@]1(C)CCC(O)(C2OCCO2)C[C@]1(C#N)CC3. The van der Waals surface area contributed by atoms with Gasteiger partial charge >= 0.3 is 0 Å². The third kappa shape index (κ3) is 2.54. The van der Waals surface area contributed by atoms with E-state index in [4.69, 9.17) is 9.47 Å². The van der Waals surface area contributed by atoms with Gasteiger partial charge < -0.3 is 14.6 Å². The van der Waals surface area contributed by atoms with Crippen molar-refractivity contribution < 1.29 is 14.6 Å². The summed E-state index contributed by atoms with van der Waals surface area (Å²) in [5, 5.41) is 21.9. The van der Waals surface area contributed by atoms with Gasteiger partial charge in [0, 0.05) is 11.8 Å². The van der Waals surface area contributed by atoms with Crippen molar-refractivity contribution in [1.29, 1.82) is 5.26 Å². The number of aliphatic hydroxyl groups is 1. The van der Waals surface area contributed by atoms with Crippen LogP contribution in [0.1, 0.15) is 85.0 Å². The van der Waals surface area contributed by atoms with E-state index in [0.29, 0.717) is 37.4 Å². The van der Waals surface area contributed by atoms with E-state index in [-0.39, 0.29) is 5.41 Å². The van der Waals surface area contributed by atoms with Gasteiger partial charge in [-0.2, -0.15) is 5.26 Å². The molecule has 0 bridgehead atoms. The van der Waals surface area contributed by atoms with Crippen LogP contribution in [0.3, 0.4) is 0 Å². The lowest BCUT2D eigenvalue weighted by Gasteiger charge is -2.60. The third-order valence-corrected chi connectivity index (χ3v) is 10.2. The molecular weight excluding hydrogens is 362 g/mol. The number of hydrogen-bond donors (Lipinski definition) is 1. The van der Waals surface area contributed by atoms with Crippen molar-refractivity contribution in [3.63, 3.8) is 0 Å². The molecule has 0 radical (unpaired) electrons. The average molecular weight is 400 g/mol. The summed E-state index contributed by atoms with van der Waals surface area (Å²) in [6.07, 6.45) is 9.75. The molecule has 6 atom stereocenters. The number of hydrogen-bond acceptors (Lipinski definition) is 4. The highest BCUT2D eigenvalue weighted by Crippen LogP contribution is 2.69. The number of nitrogens with zero attached hydrogens (tertiary/aromatic N) is 1. The molecule has 5 aliphatic rings. The van der Waals surface area contributed by atoms with Gasteiger partial charge in [0.1, 0.15) is 5.60 Å². The number of rotatable bonds is 2. The van der Waals surface area contributed by atoms with E-state index in [0.717, 1.165) is 31.6 Å². The van der Waals surface area contributed by atoms with Crippen LogP contribution in [0, 0.1) is 39.4 Å². The molecule has 1 heterocycles. The van der Waals surface area contributed by atoms with Crippen molar-refractivity contribution in [2.24, 2.45) is 28.1 Å². The highest BCUT2D eigenvalue weighted by Gasteiger charge is 2.64. The average Bonchev–Trinajstić information content (AvgIpc) is 3.36. The normalized spacial score (nSPS) is 50.0. The molecule has 0 aromatic carbocycles. The summed E-state index contributed by atoms with van der Waals surface area (Å²) in [5.74, 6) is 1.57. The first kappa shape index (κ1) is 20.0. The first-order valence-electron chi connectivity index (χ1n) is 11.9. The molecule has 0 spiro atoms. The predicted molar refractivity (Wildman–Crippen MR) is 111 cm³/mol. The van der Waals surface area contributed by atoms with E-state index in [1.54, 1.807) is 11.1 Å². The van der Waals surface area contributed by atoms with Gasteiger partial charge in [-0.1, -0.05) is 38.3 Å². The van der Waals surface area contributed by atoms with Gasteiger partial charge in [0.05, 0.1) is 24.7 Å². The molecule has 2 saturated carbocycles. The van der Waals surface area contributed by atoms with Crippen LogP contribution in [-0.4, -0.2) is 30.2 Å². The molecule has 4 heteroatoms. The minimum absolute atomic E-state index is 0.119. The molecule has 0 amide bonds. The summed E-state index contributed by atoms with van der Waals surface area (Å²) in [6, 6.07) is 2.76. The van der Waals surface area contributed by atoms with E-state index in [1.807, 2.05) is 0 Å². The lowest BCUT2D eigenvalue weighted by molar-refractivity contribution is -0.220. The maximum Gasteiger partial charge on any atom is 0.186 e. The lowest BCUT2D eigenvalue weighted by Crippen LogP contribution is -2.58. The molecule has 1 N–H and O–H groups in total. The Morgan fingerprint density at radius 1 is 1.07 bits per heavy atom. The maximum absolute atomic E-state index is 11.5. The fourth-order valence-corrected chi connectivity index (χ4v) is 8.41. The summed E-state index contributed by atoms with van der Waals surface area (Å²) < 4.78 is 11.4. The second-order valence-electron chi connectivity index (χ2n) is 11.1. The Bertz CT molecular complexity index is 765. The second kappa shape index (κ2) is 6.55. The molecule has 29 heavy (non-hydrogen) atoms. The van der Waals surface area contributed by atoms with Crippen LogP contribution in [0.15, 0.2) is 11.1 Å². The molecular formula is C25H37NO3. The van der Waals surface area contributed by atoms with Gasteiger partial charge in [-0.05, 0) is 68.6 Å². The summed E-state index contributed by atoms with van der Waals surface area (Å²) in [5.41, 5.74) is 2.10. The largest absolute Gasteiger partial charge is 0.385 e. The number of allylic oxidation sites excluding steroid dienone is 2. The van der Waals surface area contributed by atoms with Crippen molar-refractivity contribution in [3.8, 4) is 6.07 Å². The van der Waals surface area contributed by atoms with E-state index >= 15 is 0 Å². The monoisotopic (exact) mass is 399 g/mol. The summed E-state index contributed by atoms with van der Waals surface area (Å²) in [4.78, 5) is 0. The van der Waals surface area contributed by atoms with Crippen LogP contribution in [0.4, 0.5) is 0 Å². The predicted octanol–water partition coefficient (Wildman–Crippen LogP) is 5.12. The fraction of sp³-hybridized carbons (Fsp3) is 0.880. The molecule has 5 rings (SSSR count). The standard InChI is InChI=1S/C25H37NO3/c1-4-17-5-6-19-18-7-10-24(16-26)15-25(27,21-28-13-14-29-21)12-11-23(24,3)20(18)8-9-22(17,19)2/h17,19,21,27H,4-15H2,1-3H3/t17-,19-,22+,23+,24-,25?/m0/s1. The minimum atomic E-state index is -1.03. The van der Waals surface area contributed by atoms with Gasteiger partial charge in [0.2, 0.25) is 0 Å². The van der Waals surface area contributed by atoms with E-state index in [1.165, 1.54) is 25.7 Å². The maximum atomic E-state index is 11.5. The molecule has 3 fully saturated rings. The molecule has 1 saturated heterocycles. The van der Waals surface area contributed by atoms with E-state index < -0.39 is 17.3 Å². The van der Waals surface area contributed by atoms with Crippen LogP contribution < -0.4 is 0 Å². The summed E-state index contributed by atoms with van der Waals surface area (Å²) in [7, 11) is 0. The molecule has 1 unspecified atom stereocenters. The van der Waals surface area contributed by atoms with Crippen molar-refractivity contribution in [2.45, 2.75) is 96.9 Å². The van der Waals surface area contributed by atoms with Crippen LogP contribution in [0.25, 0.3) is 0 Å². The second-order valence-corrected chi connectivity index (χ2v) is 11.1. The Balaban J connectivity index is 1.52. The Morgan fingerprint density at radius 3 is 2.52 bits per heavy atom. The lowest BCUT2D eigenvalue weighted by atomic mass is 9.44. The van der Waals surface area contributed by atoms with Gasteiger partial charge in [-0.25, -0.2) is 0 Å². The summed E-state index contributed by atoms with van der Waals surface area (Å²) >= 11 is 0. The Morgan fingerprint density at radius 2 is 1.83 bits per heavy atom. The Labute approximate surface area is 175 Å². The van der Waals surface area contributed by atoms with Gasteiger partial charge in [0.25, 0.3) is 0 Å². The van der Waals surface area contributed by atoms with Gasteiger partial charge in [0.15, 0.2) is 6.29 Å². The van der Waals surface area contributed by atoms with Gasteiger partial charge in [-0.3, -0.25) is 0 Å². The third-order valence-electron chi connectivity index (χ3n) is 10.2. The quantitative estimate of drug-likeness (QED) is 0.655. The number of ether oxygens (including phenoxy) is 2. The fourth-order valence-electron chi connectivity index (χ4n) is 8.41. The minimum Gasteiger partial charge on any atom is -0.385 e. The topological polar surface area (TPSA) is 62.5 Å². The molecule has 1 aliphatic heterocycles. The molecule has 4 aliphatic carbocycles. The smallest absolute Gasteiger partial charge is 0.186 e. The van der Waals surface area contributed by atoms with Crippen molar-refractivity contribution >= 4 is 0 Å². The Hall–Kier alpha value is -0.890. The zero-order valence-electron chi connectivity index (χ0n) is 18.4. The molecule has 4 nitrogen and oxygen atoms in total. The molecule has 160 valence electrons.